The van der Waals surface area contributed by atoms with Gasteiger partial charge in [-0.25, -0.2) is 18.0 Å². The third-order valence-electron chi connectivity index (χ3n) is 2.63. The Labute approximate surface area is 139 Å². The Hall–Kier alpha value is -1.80. The molecule has 0 spiro atoms. The van der Waals surface area contributed by atoms with Crippen LogP contribution in [0.5, 0.6) is 0 Å². The zero-order valence-electron chi connectivity index (χ0n) is 12.9. The van der Waals surface area contributed by atoms with E-state index in [-0.39, 0.29) is 11.3 Å². The number of hydrogen-bond donors (Lipinski definition) is 2. The molecule has 0 aliphatic heterocycles. The molecule has 1 aromatic carbocycles. The molecule has 2 N–H and O–H groups in total. The highest BCUT2D eigenvalue weighted by atomic mass is 35.7. The number of benzene rings is 1. The van der Waals surface area contributed by atoms with Crippen molar-refractivity contribution in [1.29, 1.82) is 0 Å². The summed E-state index contributed by atoms with van der Waals surface area (Å²) in [5.74, 6) is -1.23. The third-order valence-corrected chi connectivity index (χ3v) is 4.00. The van der Waals surface area contributed by atoms with Crippen LogP contribution in [0.4, 0.5) is 4.79 Å². The van der Waals surface area contributed by atoms with E-state index in [1.165, 1.54) is 24.3 Å². The van der Waals surface area contributed by atoms with Gasteiger partial charge in [-0.05, 0) is 38.5 Å². The fraction of sp³-hybridized carbons (Fsp3) is 0.429. The molecule has 7 nitrogen and oxygen atoms in total. The van der Waals surface area contributed by atoms with E-state index in [0.29, 0.717) is 5.56 Å². The zero-order chi connectivity index (χ0) is 17.8. The maximum absolute atomic E-state index is 11.7. The van der Waals surface area contributed by atoms with E-state index in [1.807, 2.05) is 0 Å². The number of carbonyl (C=O) groups is 2. The maximum atomic E-state index is 11.7. The Bertz CT molecular complexity index is 678. The monoisotopic (exact) mass is 363 g/mol. The van der Waals surface area contributed by atoms with Crippen molar-refractivity contribution in [1.82, 2.24) is 5.32 Å². The van der Waals surface area contributed by atoms with Crippen LogP contribution in [-0.2, 0) is 25.0 Å². The molecular formula is C14H18ClNO6S. The molecule has 0 saturated heterocycles. The summed E-state index contributed by atoms with van der Waals surface area (Å²) < 4.78 is 27.3. The number of carbonyl (C=O) groups excluding carboxylic acids is 1. The van der Waals surface area contributed by atoms with Crippen LogP contribution in [0.3, 0.4) is 0 Å². The molecule has 0 heterocycles. The summed E-state index contributed by atoms with van der Waals surface area (Å²) in [6.45, 7) is 4.98. The molecule has 1 rings (SSSR count). The molecule has 1 atom stereocenters. The number of amides is 1. The zero-order valence-corrected chi connectivity index (χ0v) is 14.4. The van der Waals surface area contributed by atoms with Gasteiger partial charge in [0.25, 0.3) is 9.05 Å². The SMILES string of the molecule is CC(C)(C)OC(=O)N[C@@H](Cc1ccc(S(=O)(=O)Cl)cc1)C(=O)O. The topological polar surface area (TPSA) is 110 Å². The summed E-state index contributed by atoms with van der Waals surface area (Å²) in [4.78, 5) is 22.8. The first kappa shape index (κ1) is 19.2. The Morgan fingerprint density at radius 3 is 2.17 bits per heavy atom. The second-order valence-electron chi connectivity index (χ2n) is 5.82. The summed E-state index contributed by atoms with van der Waals surface area (Å²) >= 11 is 0. The van der Waals surface area contributed by atoms with Crippen molar-refractivity contribution in [3.63, 3.8) is 0 Å². The van der Waals surface area contributed by atoms with Gasteiger partial charge >= 0.3 is 12.1 Å². The van der Waals surface area contributed by atoms with Gasteiger partial charge in [0, 0.05) is 17.1 Å². The Morgan fingerprint density at radius 2 is 1.78 bits per heavy atom. The van der Waals surface area contributed by atoms with Crippen LogP contribution in [0.15, 0.2) is 29.2 Å². The number of hydrogen-bond acceptors (Lipinski definition) is 5. The molecule has 9 heteroatoms. The molecule has 0 bridgehead atoms. The van der Waals surface area contributed by atoms with Gasteiger partial charge in [-0.1, -0.05) is 12.1 Å². The molecule has 0 fully saturated rings. The summed E-state index contributed by atoms with van der Waals surface area (Å²) in [6.07, 6.45) is -0.873. The Balaban J connectivity index is 2.81. The van der Waals surface area contributed by atoms with Crippen molar-refractivity contribution in [2.75, 3.05) is 0 Å². The van der Waals surface area contributed by atoms with E-state index in [2.05, 4.69) is 5.32 Å². The van der Waals surface area contributed by atoms with E-state index < -0.39 is 32.8 Å². The number of carboxylic acids is 1. The number of nitrogens with one attached hydrogen (secondary N) is 1. The van der Waals surface area contributed by atoms with Crippen molar-refractivity contribution in [2.45, 2.75) is 43.7 Å². The highest BCUT2D eigenvalue weighted by molar-refractivity contribution is 8.13. The minimum atomic E-state index is -3.84. The molecule has 1 aromatic rings. The average molecular weight is 364 g/mol. The number of ether oxygens (including phenoxy) is 1. The van der Waals surface area contributed by atoms with Gasteiger partial charge in [0.15, 0.2) is 0 Å². The minimum Gasteiger partial charge on any atom is -0.480 e. The predicted octanol–water partition coefficient (Wildman–Crippen LogP) is 2.13. The Kier molecular flexibility index (Phi) is 6.01. The predicted molar refractivity (Wildman–Crippen MR) is 84.0 cm³/mol. The summed E-state index contributed by atoms with van der Waals surface area (Å²) in [5, 5.41) is 11.4. The average Bonchev–Trinajstić information content (AvgIpc) is 2.35. The molecule has 0 aromatic heterocycles. The first-order chi connectivity index (χ1) is 10.4. The molecular weight excluding hydrogens is 346 g/mol. The quantitative estimate of drug-likeness (QED) is 0.775. The van der Waals surface area contributed by atoms with Gasteiger partial charge in [-0.3, -0.25) is 0 Å². The molecule has 1 amide bonds. The summed E-state index contributed by atoms with van der Waals surface area (Å²) in [5.41, 5.74) is -0.221. The normalized spacial score (nSPS) is 13.2. The van der Waals surface area contributed by atoms with Crippen LogP contribution in [0.2, 0.25) is 0 Å². The van der Waals surface area contributed by atoms with Crippen LogP contribution < -0.4 is 5.32 Å². The third kappa shape index (κ3) is 6.87. The maximum Gasteiger partial charge on any atom is 0.408 e. The molecule has 0 unspecified atom stereocenters. The van der Waals surface area contributed by atoms with E-state index >= 15 is 0 Å². The van der Waals surface area contributed by atoms with Crippen LogP contribution in [-0.4, -0.2) is 37.2 Å². The smallest absolute Gasteiger partial charge is 0.408 e. The standard InChI is InChI=1S/C14H18ClNO6S/c1-14(2,3)22-13(19)16-11(12(17)18)8-9-4-6-10(7-5-9)23(15,20)21/h4-7,11H,8H2,1-3H3,(H,16,19)(H,17,18)/t11-/m0/s1. The van der Waals surface area contributed by atoms with Gasteiger partial charge in [-0.15, -0.1) is 0 Å². The van der Waals surface area contributed by atoms with Crippen molar-refractivity contribution >= 4 is 31.8 Å². The molecule has 0 saturated carbocycles. The van der Waals surface area contributed by atoms with Crippen molar-refractivity contribution in [3.8, 4) is 0 Å². The fourth-order valence-electron chi connectivity index (χ4n) is 1.67. The first-order valence-electron chi connectivity index (χ1n) is 6.64. The number of alkyl carbamates (subject to hydrolysis) is 1. The van der Waals surface area contributed by atoms with E-state index in [9.17, 15) is 23.1 Å². The van der Waals surface area contributed by atoms with Crippen molar-refractivity contribution in [3.05, 3.63) is 29.8 Å². The highest BCUT2D eigenvalue weighted by Gasteiger charge is 2.24. The summed E-state index contributed by atoms with van der Waals surface area (Å²) in [7, 11) is 1.36. The molecule has 0 aliphatic carbocycles. The van der Waals surface area contributed by atoms with Gasteiger partial charge in [-0.2, -0.15) is 0 Å². The van der Waals surface area contributed by atoms with Gasteiger partial charge in [0.2, 0.25) is 0 Å². The molecule has 128 valence electrons. The lowest BCUT2D eigenvalue weighted by Crippen LogP contribution is -2.44. The largest absolute Gasteiger partial charge is 0.480 e. The van der Waals surface area contributed by atoms with Gasteiger partial charge in [0.05, 0.1) is 4.90 Å². The number of rotatable bonds is 5. The van der Waals surface area contributed by atoms with E-state index in [1.54, 1.807) is 20.8 Å². The fourth-order valence-corrected chi connectivity index (χ4v) is 2.44. The Morgan fingerprint density at radius 1 is 1.26 bits per heavy atom. The number of halogens is 1. The lowest BCUT2D eigenvalue weighted by Gasteiger charge is -2.22. The summed E-state index contributed by atoms with van der Waals surface area (Å²) in [6, 6.07) is 4.20. The number of aliphatic carboxylic acids is 1. The van der Waals surface area contributed by atoms with E-state index in [4.69, 9.17) is 15.4 Å². The van der Waals surface area contributed by atoms with E-state index in [0.717, 1.165) is 0 Å². The second kappa shape index (κ2) is 7.18. The van der Waals surface area contributed by atoms with Crippen molar-refractivity contribution < 1.29 is 27.9 Å². The lowest BCUT2D eigenvalue weighted by atomic mass is 10.1. The molecule has 23 heavy (non-hydrogen) atoms. The van der Waals surface area contributed by atoms with Crippen LogP contribution in [0.25, 0.3) is 0 Å². The van der Waals surface area contributed by atoms with Gasteiger partial charge < -0.3 is 15.2 Å². The molecule has 0 aliphatic rings. The second-order valence-corrected chi connectivity index (χ2v) is 8.39. The number of carboxylic acid groups (broad SMARTS) is 1. The van der Waals surface area contributed by atoms with Crippen molar-refractivity contribution in [2.24, 2.45) is 0 Å². The van der Waals surface area contributed by atoms with Crippen LogP contribution in [0.1, 0.15) is 26.3 Å². The minimum absolute atomic E-state index is 0.0306. The first-order valence-corrected chi connectivity index (χ1v) is 8.95. The lowest BCUT2D eigenvalue weighted by molar-refractivity contribution is -0.139. The molecule has 0 radical (unpaired) electrons. The van der Waals surface area contributed by atoms with Gasteiger partial charge in [0.1, 0.15) is 11.6 Å². The van der Waals surface area contributed by atoms with Crippen LogP contribution >= 0.6 is 10.7 Å². The van der Waals surface area contributed by atoms with Crippen LogP contribution in [0, 0.1) is 0 Å². The highest BCUT2D eigenvalue weighted by Crippen LogP contribution is 2.16.